The molecule has 2 N–H and O–H groups in total. The Bertz CT molecular complexity index is 767. The van der Waals surface area contributed by atoms with Crippen LogP contribution in [0.4, 0.5) is 0 Å². The van der Waals surface area contributed by atoms with Gasteiger partial charge in [-0.25, -0.2) is 0 Å². The Morgan fingerprint density at radius 2 is 1.90 bits per heavy atom. The zero-order valence-electron chi connectivity index (χ0n) is 18.6. The van der Waals surface area contributed by atoms with Crippen LogP contribution in [0.3, 0.4) is 0 Å². The average molecular weight is 421 g/mol. The molecule has 5 aliphatic rings. The lowest BCUT2D eigenvalue weighted by Gasteiger charge is -2.65. The summed E-state index contributed by atoms with van der Waals surface area (Å²) in [6.45, 7) is 7.90. The third kappa shape index (κ3) is 2.49. The maximum absolute atomic E-state index is 12.2. The van der Waals surface area contributed by atoms with E-state index in [-0.39, 0.29) is 41.4 Å². The van der Waals surface area contributed by atoms with Crippen molar-refractivity contribution in [2.45, 2.75) is 96.6 Å². The molecule has 0 bridgehead atoms. The van der Waals surface area contributed by atoms with Gasteiger partial charge in [-0.3, -0.25) is 9.59 Å². The molecule has 0 unspecified atom stereocenters. The molecular weight excluding hydrogens is 384 g/mol. The first-order valence-corrected chi connectivity index (χ1v) is 11.8. The lowest BCUT2D eigenvalue weighted by Crippen LogP contribution is -2.68. The molecule has 1 saturated heterocycles. The maximum Gasteiger partial charge on any atom is 0.309 e. The first-order valence-electron chi connectivity index (χ1n) is 11.8. The van der Waals surface area contributed by atoms with Crippen molar-refractivity contribution in [1.29, 1.82) is 0 Å². The smallest absolute Gasteiger partial charge is 0.309 e. The summed E-state index contributed by atoms with van der Waals surface area (Å²) < 4.78 is 11.2. The predicted octanol–water partition coefficient (Wildman–Crippen LogP) is 2.83. The molecule has 0 aromatic rings. The molecule has 0 amide bonds. The van der Waals surface area contributed by atoms with Crippen LogP contribution in [0.1, 0.15) is 72.6 Å². The van der Waals surface area contributed by atoms with E-state index in [1.807, 2.05) is 6.92 Å². The van der Waals surface area contributed by atoms with Gasteiger partial charge in [-0.15, -0.1) is 0 Å². The first kappa shape index (κ1) is 20.7. The van der Waals surface area contributed by atoms with E-state index in [2.05, 4.69) is 13.8 Å². The second-order valence-corrected chi connectivity index (χ2v) is 11.5. The van der Waals surface area contributed by atoms with Crippen LogP contribution in [-0.4, -0.2) is 46.1 Å². The number of aliphatic hydroxyl groups is 2. The Balaban J connectivity index is 1.45. The maximum atomic E-state index is 12.2. The monoisotopic (exact) mass is 420 g/mol. The number of hydrogen-bond donors (Lipinski definition) is 2. The van der Waals surface area contributed by atoms with Crippen molar-refractivity contribution < 1.29 is 29.3 Å². The van der Waals surface area contributed by atoms with E-state index < -0.39 is 17.1 Å². The van der Waals surface area contributed by atoms with Gasteiger partial charge in [0.1, 0.15) is 12.2 Å². The standard InChI is InChI=1S/C24H36O6/c1-12-20-18(30-21(12)27)10-17-15-9-19(26)24(28)11-14(29-13(2)25)5-8-23(24,4)16(15)6-7-22(17,20)3/h12,14-20,26,28H,5-11H2,1-4H3/t12-,14-,15+,16-,17-,18-,19+,20-,22-,23+,24-/m0/s1. The van der Waals surface area contributed by atoms with E-state index in [9.17, 15) is 19.8 Å². The van der Waals surface area contributed by atoms with Gasteiger partial charge in [0.05, 0.1) is 17.6 Å². The van der Waals surface area contributed by atoms with Crippen LogP contribution in [-0.2, 0) is 19.1 Å². The van der Waals surface area contributed by atoms with E-state index >= 15 is 0 Å². The summed E-state index contributed by atoms with van der Waals surface area (Å²) in [5.41, 5.74) is -1.57. The van der Waals surface area contributed by atoms with Gasteiger partial charge in [0.25, 0.3) is 0 Å². The van der Waals surface area contributed by atoms with Gasteiger partial charge in [-0.05, 0) is 61.7 Å². The molecule has 1 aliphatic heterocycles. The Kier molecular flexibility index (Phi) is 4.45. The van der Waals surface area contributed by atoms with Crippen LogP contribution in [0.15, 0.2) is 0 Å². The zero-order chi connectivity index (χ0) is 21.6. The molecule has 30 heavy (non-hydrogen) atoms. The molecule has 6 heteroatoms. The van der Waals surface area contributed by atoms with Crippen LogP contribution in [0.2, 0.25) is 0 Å². The summed E-state index contributed by atoms with van der Waals surface area (Å²) in [6, 6.07) is 0. The third-order valence-electron chi connectivity index (χ3n) is 10.4. The molecule has 0 radical (unpaired) electrons. The fourth-order valence-electron chi connectivity index (χ4n) is 9.02. The van der Waals surface area contributed by atoms with Crippen LogP contribution < -0.4 is 0 Å². The fraction of sp³-hybridized carbons (Fsp3) is 0.917. The summed E-state index contributed by atoms with van der Waals surface area (Å²) >= 11 is 0. The highest BCUT2D eigenvalue weighted by molar-refractivity contribution is 5.75. The number of hydrogen-bond acceptors (Lipinski definition) is 6. The number of carbonyl (C=O) groups excluding carboxylic acids is 2. The summed E-state index contributed by atoms with van der Waals surface area (Å²) in [7, 11) is 0. The normalized spacial score (nSPS) is 56.9. The highest BCUT2D eigenvalue weighted by atomic mass is 16.6. The average Bonchev–Trinajstić information content (AvgIpc) is 3.11. The molecule has 1 heterocycles. The Labute approximate surface area is 178 Å². The minimum absolute atomic E-state index is 0.00621. The molecule has 5 rings (SSSR count). The molecule has 6 nitrogen and oxygen atoms in total. The van der Waals surface area contributed by atoms with Crippen molar-refractivity contribution >= 4 is 11.9 Å². The van der Waals surface area contributed by atoms with Gasteiger partial charge in [-0.1, -0.05) is 20.8 Å². The molecule has 4 saturated carbocycles. The first-order chi connectivity index (χ1) is 14.0. The summed E-state index contributed by atoms with van der Waals surface area (Å²) in [5, 5.41) is 23.0. The van der Waals surface area contributed by atoms with E-state index in [1.165, 1.54) is 6.92 Å². The second kappa shape index (κ2) is 6.44. The molecule has 5 fully saturated rings. The molecule has 0 spiro atoms. The largest absolute Gasteiger partial charge is 0.462 e. The van der Waals surface area contributed by atoms with Gasteiger partial charge < -0.3 is 19.7 Å². The number of rotatable bonds is 1. The van der Waals surface area contributed by atoms with Gasteiger partial charge in [0, 0.05) is 24.7 Å². The minimum atomic E-state index is -1.23. The van der Waals surface area contributed by atoms with Gasteiger partial charge in [0.2, 0.25) is 0 Å². The van der Waals surface area contributed by atoms with Crippen molar-refractivity contribution in [1.82, 2.24) is 0 Å². The predicted molar refractivity (Wildman–Crippen MR) is 108 cm³/mol. The molecule has 4 aliphatic carbocycles. The molecular formula is C24H36O6. The van der Waals surface area contributed by atoms with Crippen LogP contribution >= 0.6 is 0 Å². The van der Waals surface area contributed by atoms with Crippen molar-refractivity contribution in [2.24, 2.45) is 40.4 Å². The highest BCUT2D eigenvalue weighted by Crippen LogP contribution is 2.70. The lowest BCUT2D eigenvalue weighted by molar-refractivity contribution is -0.266. The van der Waals surface area contributed by atoms with E-state index in [4.69, 9.17) is 9.47 Å². The molecule has 168 valence electrons. The Morgan fingerprint density at radius 1 is 1.17 bits per heavy atom. The number of ether oxygens (including phenoxy) is 2. The van der Waals surface area contributed by atoms with Gasteiger partial charge in [-0.2, -0.15) is 0 Å². The topological polar surface area (TPSA) is 93.1 Å². The summed E-state index contributed by atoms with van der Waals surface area (Å²) in [4.78, 5) is 23.7. The SMILES string of the molecule is CC(=O)O[C@H]1CC[C@]2(C)[C@H]3CC[C@]4(C)[C@@H]5[C@H](C[C@H]4[C@@H]3C[C@@H](O)[C@@]2(O)C1)OC(=O)[C@H]5C. The lowest BCUT2D eigenvalue weighted by atomic mass is 9.42. The van der Waals surface area contributed by atoms with Gasteiger partial charge in [0.15, 0.2) is 0 Å². The second-order valence-electron chi connectivity index (χ2n) is 11.5. The van der Waals surface area contributed by atoms with Gasteiger partial charge >= 0.3 is 11.9 Å². The number of carbonyl (C=O) groups is 2. The van der Waals surface area contributed by atoms with Crippen LogP contribution in [0.25, 0.3) is 0 Å². The molecule has 0 aromatic heterocycles. The number of fused-ring (bicyclic) bond motifs is 7. The highest BCUT2D eigenvalue weighted by Gasteiger charge is 2.70. The molecule has 0 aromatic carbocycles. The minimum Gasteiger partial charge on any atom is -0.462 e. The Morgan fingerprint density at radius 3 is 2.60 bits per heavy atom. The summed E-state index contributed by atoms with van der Waals surface area (Å²) in [5.74, 6) is 0.885. The van der Waals surface area contributed by atoms with E-state index in [0.717, 1.165) is 32.1 Å². The van der Waals surface area contributed by atoms with Crippen molar-refractivity contribution in [3.63, 3.8) is 0 Å². The zero-order valence-corrected chi connectivity index (χ0v) is 18.6. The van der Waals surface area contributed by atoms with Crippen LogP contribution in [0, 0.1) is 40.4 Å². The van der Waals surface area contributed by atoms with Crippen molar-refractivity contribution in [3.8, 4) is 0 Å². The van der Waals surface area contributed by atoms with E-state index in [1.54, 1.807) is 0 Å². The van der Waals surface area contributed by atoms with Crippen LogP contribution in [0.5, 0.6) is 0 Å². The number of aliphatic hydroxyl groups excluding tert-OH is 1. The number of esters is 2. The fourth-order valence-corrected chi connectivity index (χ4v) is 9.02. The quantitative estimate of drug-likeness (QED) is 0.634. The van der Waals surface area contributed by atoms with Crippen molar-refractivity contribution in [2.75, 3.05) is 0 Å². The van der Waals surface area contributed by atoms with Crippen molar-refractivity contribution in [3.05, 3.63) is 0 Å². The third-order valence-corrected chi connectivity index (χ3v) is 10.4. The Hall–Kier alpha value is -1.14. The summed E-state index contributed by atoms with van der Waals surface area (Å²) in [6.07, 6.45) is 4.15. The van der Waals surface area contributed by atoms with E-state index in [0.29, 0.717) is 30.6 Å². The molecule has 11 atom stereocenters.